The molecule has 2 fully saturated rings. The van der Waals surface area contributed by atoms with Crippen molar-refractivity contribution < 1.29 is 14.3 Å². The fourth-order valence-electron chi connectivity index (χ4n) is 2.71. The molecule has 0 aliphatic heterocycles. The summed E-state index contributed by atoms with van der Waals surface area (Å²) < 4.78 is 13.7. The van der Waals surface area contributed by atoms with Crippen LogP contribution in [0.1, 0.15) is 38.5 Å². The van der Waals surface area contributed by atoms with Crippen LogP contribution < -0.4 is 0 Å². The van der Waals surface area contributed by atoms with E-state index in [9.17, 15) is 9.18 Å². The van der Waals surface area contributed by atoms with Crippen molar-refractivity contribution in [3.63, 3.8) is 0 Å². The Morgan fingerprint density at radius 3 is 2.58 bits per heavy atom. The molecule has 0 radical (unpaired) electrons. The van der Waals surface area contributed by atoms with E-state index in [-0.39, 0.29) is 6.42 Å². The summed E-state index contributed by atoms with van der Waals surface area (Å²) >= 11 is 0. The highest BCUT2D eigenvalue weighted by molar-refractivity contribution is 5.75. The van der Waals surface area contributed by atoms with E-state index in [2.05, 4.69) is 0 Å². The van der Waals surface area contributed by atoms with E-state index in [1.54, 1.807) is 0 Å². The van der Waals surface area contributed by atoms with Gasteiger partial charge in [0.05, 0.1) is 5.41 Å². The van der Waals surface area contributed by atoms with E-state index >= 15 is 0 Å². The maximum atomic E-state index is 13.7. The normalized spacial score (nSPS) is 46.1. The molecule has 2 atom stereocenters. The second kappa shape index (κ2) is 2.21. The van der Waals surface area contributed by atoms with Crippen LogP contribution in [0.15, 0.2) is 0 Å². The smallest absolute Gasteiger partial charge is 0.309 e. The van der Waals surface area contributed by atoms with Crippen molar-refractivity contribution in [1.82, 2.24) is 0 Å². The fraction of sp³-hybridized carbons (Fsp3) is 0.889. The second-order valence-electron chi connectivity index (χ2n) is 4.27. The van der Waals surface area contributed by atoms with Crippen LogP contribution in [0.2, 0.25) is 0 Å². The molecule has 0 aromatic carbocycles. The molecule has 2 aliphatic rings. The fourth-order valence-corrected chi connectivity index (χ4v) is 2.71. The molecule has 0 saturated heterocycles. The standard InChI is InChI=1S/C9H13FO2/c10-9-3-1-2-8(6-9,4-5-9)7(11)12/h1-6H2,(H,11,12). The van der Waals surface area contributed by atoms with Gasteiger partial charge in [-0.3, -0.25) is 4.79 Å². The highest BCUT2D eigenvalue weighted by Crippen LogP contribution is 2.55. The summed E-state index contributed by atoms with van der Waals surface area (Å²) in [6.07, 6.45) is 3.24. The quantitative estimate of drug-likeness (QED) is 0.657. The van der Waals surface area contributed by atoms with Crippen LogP contribution in [0.4, 0.5) is 4.39 Å². The van der Waals surface area contributed by atoms with Gasteiger partial charge < -0.3 is 5.11 Å². The lowest BCUT2D eigenvalue weighted by molar-refractivity contribution is -0.151. The number of rotatable bonds is 1. The van der Waals surface area contributed by atoms with Crippen LogP contribution in [-0.2, 0) is 4.79 Å². The van der Waals surface area contributed by atoms with Gasteiger partial charge in [0, 0.05) is 0 Å². The topological polar surface area (TPSA) is 37.3 Å². The Morgan fingerprint density at radius 2 is 2.00 bits per heavy atom. The second-order valence-corrected chi connectivity index (χ2v) is 4.27. The largest absolute Gasteiger partial charge is 0.481 e. The molecule has 2 aliphatic carbocycles. The third-order valence-corrected chi connectivity index (χ3v) is 3.44. The molecule has 0 aromatic heterocycles. The van der Waals surface area contributed by atoms with Gasteiger partial charge >= 0.3 is 5.97 Å². The van der Waals surface area contributed by atoms with Crippen LogP contribution in [-0.4, -0.2) is 16.7 Å². The van der Waals surface area contributed by atoms with Crippen LogP contribution in [0, 0.1) is 5.41 Å². The van der Waals surface area contributed by atoms with E-state index in [4.69, 9.17) is 5.11 Å². The van der Waals surface area contributed by atoms with Crippen molar-refractivity contribution >= 4 is 5.97 Å². The summed E-state index contributed by atoms with van der Waals surface area (Å²) in [4.78, 5) is 10.9. The Morgan fingerprint density at radius 1 is 1.25 bits per heavy atom. The predicted molar refractivity (Wildman–Crippen MR) is 41.6 cm³/mol. The van der Waals surface area contributed by atoms with Crippen molar-refractivity contribution in [2.24, 2.45) is 5.41 Å². The molecule has 68 valence electrons. The Hall–Kier alpha value is -0.600. The van der Waals surface area contributed by atoms with Crippen LogP contribution in [0.25, 0.3) is 0 Å². The third-order valence-electron chi connectivity index (χ3n) is 3.44. The molecule has 0 aromatic rings. The number of carboxylic acid groups (broad SMARTS) is 1. The van der Waals surface area contributed by atoms with Gasteiger partial charge in [-0.15, -0.1) is 0 Å². The van der Waals surface area contributed by atoms with Crippen molar-refractivity contribution in [2.75, 3.05) is 0 Å². The summed E-state index contributed by atoms with van der Waals surface area (Å²) in [5.74, 6) is -0.790. The Balaban J connectivity index is 2.25. The first-order chi connectivity index (χ1) is 5.56. The number of hydrogen-bond acceptors (Lipinski definition) is 1. The lowest BCUT2D eigenvalue weighted by Gasteiger charge is -2.31. The molecule has 2 nitrogen and oxygen atoms in total. The number of aliphatic carboxylic acids is 1. The van der Waals surface area contributed by atoms with E-state index in [1.165, 1.54) is 0 Å². The maximum absolute atomic E-state index is 13.7. The molecule has 0 amide bonds. The number of carbonyl (C=O) groups is 1. The highest BCUT2D eigenvalue weighted by atomic mass is 19.1. The lowest BCUT2D eigenvalue weighted by atomic mass is 9.75. The van der Waals surface area contributed by atoms with Gasteiger partial charge in [-0.25, -0.2) is 4.39 Å². The molecule has 2 bridgehead atoms. The molecule has 2 saturated carbocycles. The summed E-state index contributed by atoms with van der Waals surface area (Å²) in [5.41, 5.74) is -1.84. The van der Waals surface area contributed by atoms with Gasteiger partial charge in [-0.1, -0.05) is 0 Å². The van der Waals surface area contributed by atoms with Crippen LogP contribution in [0.5, 0.6) is 0 Å². The van der Waals surface area contributed by atoms with E-state index in [0.29, 0.717) is 25.7 Å². The summed E-state index contributed by atoms with van der Waals surface area (Å²) in [6, 6.07) is 0. The zero-order valence-electron chi connectivity index (χ0n) is 6.98. The maximum Gasteiger partial charge on any atom is 0.309 e. The van der Waals surface area contributed by atoms with Gasteiger partial charge in [0.2, 0.25) is 0 Å². The SMILES string of the molecule is O=C(O)C12CCCC(F)(CC1)C2. The summed E-state index contributed by atoms with van der Waals surface area (Å²) in [6.45, 7) is 0. The first-order valence-electron chi connectivity index (χ1n) is 4.49. The summed E-state index contributed by atoms with van der Waals surface area (Å²) in [7, 11) is 0. The van der Waals surface area contributed by atoms with E-state index in [1.807, 2.05) is 0 Å². The first-order valence-corrected chi connectivity index (χ1v) is 4.49. The molecule has 1 N–H and O–H groups in total. The molecular weight excluding hydrogens is 159 g/mol. The predicted octanol–water partition coefficient (Wildman–Crippen LogP) is 2.13. The van der Waals surface area contributed by atoms with Crippen LogP contribution >= 0.6 is 0 Å². The minimum atomic E-state index is -1.14. The van der Waals surface area contributed by atoms with Crippen molar-refractivity contribution in [1.29, 1.82) is 0 Å². The zero-order chi connectivity index (χ0) is 8.82. The lowest BCUT2D eigenvalue weighted by Crippen LogP contribution is -2.35. The van der Waals surface area contributed by atoms with Crippen molar-refractivity contribution in [3.8, 4) is 0 Å². The highest BCUT2D eigenvalue weighted by Gasteiger charge is 2.55. The molecule has 3 heteroatoms. The number of fused-ring (bicyclic) bond motifs is 2. The third kappa shape index (κ3) is 0.952. The van der Waals surface area contributed by atoms with Gasteiger partial charge in [-0.2, -0.15) is 0 Å². The Bertz CT molecular complexity index is 229. The van der Waals surface area contributed by atoms with E-state index < -0.39 is 17.1 Å². The summed E-state index contributed by atoms with van der Waals surface area (Å²) in [5, 5.41) is 8.96. The number of halogens is 1. The first kappa shape index (κ1) is 8.02. The molecule has 2 rings (SSSR count). The molecule has 12 heavy (non-hydrogen) atoms. The van der Waals surface area contributed by atoms with Crippen molar-refractivity contribution in [3.05, 3.63) is 0 Å². The minimum absolute atomic E-state index is 0.259. The molecule has 0 heterocycles. The number of alkyl halides is 1. The molecule has 2 unspecified atom stereocenters. The van der Waals surface area contributed by atoms with Crippen LogP contribution in [0.3, 0.4) is 0 Å². The minimum Gasteiger partial charge on any atom is -0.481 e. The van der Waals surface area contributed by atoms with Crippen molar-refractivity contribution in [2.45, 2.75) is 44.2 Å². The monoisotopic (exact) mass is 172 g/mol. The van der Waals surface area contributed by atoms with Gasteiger partial charge in [-0.05, 0) is 38.5 Å². The van der Waals surface area contributed by atoms with Gasteiger partial charge in [0.25, 0.3) is 0 Å². The molecule has 0 spiro atoms. The zero-order valence-corrected chi connectivity index (χ0v) is 6.98. The van der Waals surface area contributed by atoms with Gasteiger partial charge in [0.15, 0.2) is 0 Å². The average Bonchev–Trinajstić information content (AvgIpc) is 2.24. The Kier molecular flexibility index (Phi) is 1.48. The van der Waals surface area contributed by atoms with E-state index in [0.717, 1.165) is 6.42 Å². The van der Waals surface area contributed by atoms with Gasteiger partial charge in [0.1, 0.15) is 5.67 Å². The molecular formula is C9H13FO2. The average molecular weight is 172 g/mol. The number of hydrogen-bond donors (Lipinski definition) is 1. The number of carboxylic acids is 1. The Labute approximate surface area is 70.8 Å².